The zero-order chi connectivity index (χ0) is 18.7. The largest absolute Gasteiger partial charge is 0.298 e. The maximum atomic E-state index is 12.3. The first-order valence-electron chi connectivity index (χ1n) is 8.34. The Morgan fingerprint density at radius 3 is 2.85 bits per heavy atom. The van der Waals surface area contributed by atoms with Crippen molar-refractivity contribution in [2.75, 3.05) is 18.4 Å². The molecule has 0 unspecified atom stereocenters. The summed E-state index contributed by atoms with van der Waals surface area (Å²) < 4.78 is 0. The lowest BCUT2D eigenvalue weighted by molar-refractivity contribution is -0.384. The Balaban J connectivity index is 1.62. The van der Waals surface area contributed by atoms with Gasteiger partial charge in [0.1, 0.15) is 0 Å². The molecule has 1 amide bonds. The minimum absolute atomic E-state index is 0.0379. The molecular weight excluding hydrogens is 376 g/mol. The average molecular weight is 395 g/mol. The predicted molar refractivity (Wildman–Crippen MR) is 102 cm³/mol. The van der Waals surface area contributed by atoms with Gasteiger partial charge in [-0.25, -0.2) is 4.98 Å². The van der Waals surface area contributed by atoms with E-state index in [2.05, 4.69) is 22.1 Å². The van der Waals surface area contributed by atoms with Crippen LogP contribution in [0, 0.1) is 16.0 Å². The molecule has 0 bridgehead atoms. The van der Waals surface area contributed by atoms with Gasteiger partial charge in [-0.2, -0.15) is 0 Å². The van der Waals surface area contributed by atoms with Crippen LogP contribution >= 0.6 is 22.9 Å². The number of halogens is 1. The van der Waals surface area contributed by atoms with Crippen molar-refractivity contribution in [3.8, 4) is 0 Å². The first-order valence-corrected chi connectivity index (χ1v) is 9.60. The van der Waals surface area contributed by atoms with Crippen LogP contribution in [0.4, 0.5) is 10.8 Å². The van der Waals surface area contributed by atoms with Gasteiger partial charge in [0.15, 0.2) is 5.13 Å². The molecule has 1 N–H and O–H groups in total. The summed E-state index contributed by atoms with van der Waals surface area (Å²) in [7, 11) is 0. The van der Waals surface area contributed by atoms with Crippen LogP contribution in [0.5, 0.6) is 0 Å². The molecule has 7 nitrogen and oxygen atoms in total. The highest BCUT2D eigenvalue weighted by Gasteiger charge is 2.18. The normalized spacial score (nSPS) is 15.8. The average Bonchev–Trinajstić information content (AvgIpc) is 3.03. The first-order chi connectivity index (χ1) is 12.4. The summed E-state index contributed by atoms with van der Waals surface area (Å²) >= 11 is 7.35. The highest BCUT2D eigenvalue weighted by Crippen LogP contribution is 2.25. The number of aromatic nitrogens is 1. The van der Waals surface area contributed by atoms with Gasteiger partial charge in [-0.1, -0.05) is 18.5 Å². The van der Waals surface area contributed by atoms with Gasteiger partial charge in [-0.05, 0) is 37.9 Å². The number of thiazole rings is 1. The Labute approximate surface area is 160 Å². The molecule has 138 valence electrons. The van der Waals surface area contributed by atoms with Crippen molar-refractivity contribution in [3.05, 3.63) is 50.0 Å². The van der Waals surface area contributed by atoms with Gasteiger partial charge in [0.2, 0.25) is 0 Å². The fraction of sp³-hybridized carbons (Fsp3) is 0.412. The molecule has 0 atom stereocenters. The molecule has 0 aliphatic carbocycles. The van der Waals surface area contributed by atoms with Gasteiger partial charge in [0.05, 0.1) is 21.2 Å². The number of nitro benzene ring substituents is 1. The number of benzene rings is 1. The molecular formula is C17H19ClN4O3S. The van der Waals surface area contributed by atoms with Crippen LogP contribution in [0.15, 0.2) is 23.6 Å². The minimum Gasteiger partial charge on any atom is -0.298 e. The number of amides is 1. The van der Waals surface area contributed by atoms with Crippen molar-refractivity contribution < 1.29 is 9.72 Å². The van der Waals surface area contributed by atoms with E-state index in [1.807, 2.05) is 5.38 Å². The van der Waals surface area contributed by atoms with Crippen molar-refractivity contribution in [3.63, 3.8) is 0 Å². The molecule has 1 aliphatic heterocycles. The van der Waals surface area contributed by atoms with Gasteiger partial charge in [0, 0.05) is 24.1 Å². The lowest BCUT2D eigenvalue weighted by Gasteiger charge is -2.29. The maximum absolute atomic E-state index is 12.3. The Bertz CT molecular complexity index is 818. The highest BCUT2D eigenvalue weighted by molar-refractivity contribution is 7.14. The van der Waals surface area contributed by atoms with Gasteiger partial charge < -0.3 is 0 Å². The quantitative estimate of drug-likeness (QED) is 0.606. The van der Waals surface area contributed by atoms with E-state index in [1.54, 1.807) is 0 Å². The Kier molecular flexibility index (Phi) is 5.85. The highest BCUT2D eigenvalue weighted by atomic mass is 35.5. The SMILES string of the molecule is CC1CCN(Cc2csc(NC(=O)c3ccc([N+](=O)[O-])cc3Cl)n2)CC1. The van der Waals surface area contributed by atoms with Crippen LogP contribution in [0.1, 0.15) is 35.8 Å². The van der Waals surface area contributed by atoms with E-state index in [4.69, 9.17) is 11.6 Å². The Morgan fingerprint density at radius 1 is 1.46 bits per heavy atom. The summed E-state index contributed by atoms with van der Waals surface area (Å²) in [6.07, 6.45) is 2.40. The molecule has 1 aromatic carbocycles. The number of hydrogen-bond donors (Lipinski definition) is 1. The molecule has 0 saturated carbocycles. The molecule has 1 aromatic heterocycles. The van der Waals surface area contributed by atoms with Gasteiger partial charge >= 0.3 is 0 Å². The molecule has 2 heterocycles. The van der Waals surface area contributed by atoms with Gasteiger partial charge in [-0.3, -0.25) is 25.1 Å². The number of carbonyl (C=O) groups is 1. The minimum atomic E-state index is -0.554. The number of piperidine rings is 1. The van der Waals surface area contributed by atoms with Gasteiger partial charge in [0.25, 0.3) is 11.6 Å². The molecule has 1 fully saturated rings. The summed E-state index contributed by atoms with van der Waals surface area (Å²) in [5.41, 5.74) is 0.951. The second-order valence-electron chi connectivity index (χ2n) is 6.48. The van der Waals surface area contributed by atoms with Crippen molar-refractivity contribution >= 4 is 39.7 Å². The molecule has 26 heavy (non-hydrogen) atoms. The van der Waals surface area contributed by atoms with E-state index in [0.717, 1.165) is 31.2 Å². The van der Waals surface area contributed by atoms with Crippen LogP contribution in [-0.2, 0) is 6.54 Å². The molecule has 9 heteroatoms. The zero-order valence-electron chi connectivity index (χ0n) is 14.3. The fourth-order valence-corrected chi connectivity index (χ4v) is 3.81. The number of rotatable bonds is 5. The van der Waals surface area contributed by atoms with E-state index in [1.165, 1.54) is 42.4 Å². The molecule has 3 rings (SSSR count). The molecule has 0 spiro atoms. The standard InChI is InChI=1S/C17H19ClN4O3S/c1-11-4-6-21(7-5-11)9-12-10-26-17(19-12)20-16(23)14-3-2-13(22(24)25)8-15(14)18/h2-3,8,10-11H,4-7,9H2,1H3,(H,19,20,23). The Morgan fingerprint density at radius 2 is 2.19 bits per heavy atom. The molecule has 1 saturated heterocycles. The van der Waals surface area contributed by atoms with E-state index in [-0.39, 0.29) is 16.3 Å². The van der Waals surface area contributed by atoms with Crippen molar-refractivity contribution in [1.29, 1.82) is 0 Å². The number of carbonyl (C=O) groups excluding carboxylic acids is 1. The topological polar surface area (TPSA) is 88.4 Å². The number of likely N-dealkylation sites (tertiary alicyclic amines) is 1. The van der Waals surface area contributed by atoms with Crippen LogP contribution in [0.25, 0.3) is 0 Å². The second kappa shape index (κ2) is 8.11. The molecule has 2 aromatic rings. The fourth-order valence-electron chi connectivity index (χ4n) is 2.85. The van der Waals surface area contributed by atoms with Crippen molar-refractivity contribution in [1.82, 2.24) is 9.88 Å². The summed E-state index contributed by atoms with van der Waals surface area (Å²) in [5, 5.41) is 15.9. The number of non-ortho nitro benzene ring substituents is 1. The third kappa shape index (κ3) is 4.57. The lowest BCUT2D eigenvalue weighted by Crippen LogP contribution is -2.32. The molecule has 0 radical (unpaired) electrons. The number of nitrogens with one attached hydrogen (secondary N) is 1. The van der Waals surface area contributed by atoms with Crippen LogP contribution in [0.3, 0.4) is 0 Å². The number of anilines is 1. The maximum Gasteiger partial charge on any atom is 0.270 e. The van der Waals surface area contributed by atoms with E-state index in [0.29, 0.717) is 5.13 Å². The Hall–Kier alpha value is -2.03. The van der Waals surface area contributed by atoms with Crippen LogP contribution in [-0.4, -0.2) is 33.8 Å². The second-order valence-corrected chi connectivity index (χ2v) is 7.74. The summed E-state index contributed by atoms with van der Waals surface area (Å²) in [4.78, 5) is 29.4. The van der Waals surface area contributed by atoms with Crippen molar-refractivity contribution in [2.24, 2.45) is 5.92 Å². The zero-order valence-corrected chi connectivity index (χ0v) is 15.8. The van der Waals surface area contributed by atoms with Gasteiger partial charge in [-0.15, -0.1) is 11.3 Å². The lowest BCUT2D eigenvalue weighted by atomic mass is 9.99. The van der Waals surface area contributed by atoms with Crippen LogP contribution in [0.2, 0.25) is 5.02 Å². The summed E-state index contributed by atoms with van der Waals surface area (Å²) in [6.45, 7) is 5.19. The predicted octanol–water partition coefficient (Wildman–Crippen LogP) is 4.19. The summed E-state index contributed by atoms with van der Waals surface area (Å²) in [6, 6.07) is 3.77. The van der Waals surface area contributed by atoms with E-state index in [9.17, 15) is 14.9 Å². The third-order valence-corrected chi connectivity index (χ3v) is 5.56. The summed E-state index contributed by atoms with van der Waals surface area (Å²) in [5.74, 6) is 0.348. The first kappa shape index (κ1) is 18.8. The number of hydrogen-bond acceptors (Lipinski definition) is 6. The third-order valence-electron chi connectivity index (χ3n) is 4.44. The number of nitro groups is 1. The molecule has 1 aliphatic rings. The number of nitrogens with zero attached hydrogens (tertiary/aromatic N) is 3. The van der Waals surface area contributed by atoms with E-state index < -0.39 is 10.8 Å². The smallest absolute Gasteiger partial charge is 0.270 e. The monoisotopic (exact) mass is 394 g/mol. The van der Waals surface area contributed by atoms with Crippen molar-refractivity contribution in [2.45, 2.75) is 26.3 Å². The van der Waals surface area contributed by atoms with Crippen LogP contribution < -0.4 is 5.32 Å². The van der Waals surface area contributed by atoms with E-state index >= 15 is 0 Å².